The van der Waals surface area contributed by atoms with Crippen molar-refractivity contribution in [2.75, 3.05) is 132 Å². The third-order valence-electron chi connectivity index (χ3n) is 8.71. The third-order valence-corrected chi connectivity index (χ3v) is 10.0. The molecule has 0 aliphatic carbocycles. The van der Waals surface area contributed by atoms with Gasteiger partial charge in [-0.2, -0.15) is 0 Å². The minimum Gasteiger partial charge on any atom is -0.481 e. The summed E-state index contributed by atoms with van der Waals surface area (Å²) in [7, 11) is 1.62. The number of unbranched alkanes of at least 4 members (excludes halogenated alkanes) is 5. The van der Waals surface area contributed by atoms with E-state index in [2.05, 4.69) is 10.6 Å². The van der Waals surface area contributed by atoms with Crippen LogP contribution in [0.5, 0.6) is 0 Å². The Balaban J connectivity index is 1.76. The van der Waals surface area contributed by atoms with Crippen molar-refractivity contribution in [2.24, 2.45) is 5.73 Å². The van der Waals surface area contributed by atoms with Gasteiger partial charge >= 0.3 is 5.97 Å². The zero-order valence-corrected chi connectivity index (χ0v) is 35.8. The molecule has 1 saturated heterocycles. The second-order valence-electron chi connectivity index (χ2n) is 13.5. The summed E-state index contributed by atoms with van der Waals surface area (Å²) in [5, 5.41) is 13.6. The fourth-order valence-corrected chi connectivity index (χ4v) is 6.68. The van der Waals surface area contributed by atoms with Crippen molar-refractivity contribution in [2.45, 2.75) is 81.9 Å². The smallest absolute Gasteiger partial charge is 0.303 e. The van der Waals surface area contributed by atoms with Gasteiger partial charge in [0.05, 0.1) is 117 Å². The van der Waals surface area contributed by atoms with Crippen molar-refractivity contribution in [1.29, 1.82) is 0 Å². The molecule has 0 radical (unpaired) electrons. The molecular formula is C39H70N4O15S. The topological polar surface area (TPSA) is 250 Å². The number of thioether (sulfide) groups is 1. The Morgan fingerprint density at radius 3 is 1.59 bits per heavy atom. The molecule has 1 aliphatic heterocycles. The lowest BCUT2D eigenvalue weighted by Gasteiger charge is -2.16. The number of nitrogens with zero attached hydrogens (tertiary/aromatic N) is 1. The van der Waals surface area contributed by atoms with E-state index < -0.39 is 23.2 Å². The van der Waals surface area contributed by atoms with E-state index in [4.69, 9.17) is 48.7 Å². The molecule has 1 rings (SSSR count). The summed E-state index contributed by atoms with van der Waals surface area (Å²) in [4.78, 5) is 71.7. The first-order valence-corrected chi connectivity index (χ1v) is 21.7. The van der Waals surface area contributed by atoms with Crippen molar-refractivity contribution in [3.05, 3.63) is 0 Å². The van der Waals surface area contributed by atoms with Crippen molar-refractivity contribution >= 4 is 47.1 Å². The molecule has 4 amide bonds. The number of rotatable bonds is 44. The zero-order chi connectivity index (χ0) is 43.2. The van der Waals surface area contributed by atoms with E-state index in [1.54, 1.807) is 7.05 Å². The monoisotopic (exact) mass is 866 g/mol. The maximum absolute atomic E-state index is 12.5. The number of carboxylic acids is 1. The summed E-state index contributed by atoms with van der Waals surface area (Å²) in [6, 6.07) is -0.563. The number of nitrogens with two attached hydrogens (primary N) is 1. The fraction of sp³-hybridized carbons (Fsp3) is 0.846. The number of carbonyl (C=O) groups is 6. The number of nitrogens with one attached hydrogen (secondary N) is 2. The number of ether oxygens (including phenoxy) is 8. The van der Waals surface area contributed by atoms with Crippen LogP contribution in [0.1, 0.15) is 70.6 Å². The predicted octanol–water partition coefficient (Wildman–Crippen LogP) is 0.724. The van der Waals surface area contributed by atoms with Crippen LogP contribution in [0.15, 0.2) is 0 Å². The van der Waals surface area contributed by atoms with Gasteiger partial charge in [-0.3, -0.25) is 33.7 Å². The van der Waals surface area contributed by atoms with Crippen molar-refractivity contribution in [3.8, 4) is 0 Å². The van der Waals surface area contributed by atoms with Gasteiger partial charge in [0.15, 0.2) is 0 Å². The highest BCUT2D eigenvalue weighted by atomic mass is 32.2. The maximum Gasteiger partial charge on any atom is 0.303 e. The maximum atomic E-state index is 12.5. The summed E-state index contributed by atoms with van der Waals surface area (Å²) in [6.07, 6.45) is 7.35. The lowest BCUT2D eigenvalue weighted by Crippen LogP contribution is -2.42. The Kier molecular flexibility index (Phi) is 35.1. The normalized spacial score (nSPS) is 14.6. The van der Waals surface area contributed by atoms with Crippen LogP contribution in [0.3, 0.4) is 0 Å². The number of Topliss-reactive ketones (excluding diaryl/α,β-unsaturated/α-hetero) is 1. The van der Waals surface area contributed by atoms with Gasteiger partial charge in [0.1, 0.15) is 12.4 Å². The van der Waals surface area contributed by atoms with Crippen LogP contribution in [0.2, 0.25) is 0 Å². The van der Waals surface area contributed by atoms with Crippen molar-refractivity contribution in [1.82, 2.24) is 15.5 Å². The molecule has 20 heteroatoms. The minimum absolute atomic E-state index is 0.0663. The number of likely N-dealkylation sites (N-methyl/N-ethyl adjacent to an activating group) is 1. The lowest BCUT2D eigenvalue weighted by atomic mass is 10.0. The van der Waals surface area contributed by atoms with Gasteiger partial charge in [-0.1, -0.05) is 25.7 Å². The molecule has 1 heterocycles. The Labute approximate surface area is 353 Å². The van der Waals surface area contributed by atoms with E-state index in [1.165, 1.54) is 16.7 Å². The van der Waals surface area contributed by atoms with Crippen molar-refractivity contribution < 1.29 is 71.8 Å². The summed E-state index contributed by atoms with van der Waals surface area (Å²) in [5.41, 5.74) is 5.30. The van der Waals surface area contributed by atoms with Gasteiger partial charge in [0.25, 0.3) is 0 Å². The van der Waals surface area contributed by atoms with Crippen molar-refractivity contribution in [3.63, 3.8) is 0 Å². The first kappa shape index (κ1) is 54.2. The molecule has 2 atom stereocenters. The third kappa shape index (κ3) is 31.7. The Hall–Kier alpha value is -2.79. The molecular weight excluding hydrogens is 797 g/mol. The molecule has 1 aliphatic rings. The van der Waals surface area contributed by atoms with Gasteiger partial charge in [-0.05, 0) is 26.3 Å². The first-order valence-electron chi connectivity index (χ1n) is 20.7. The van der Waals surface area contributed by atoms with E-state index in [-0.39, 0.29) is 62.7 Å². The summed E-state index contributed by atoms with van der Waals surface area (Å²) in [6.45, 7) is 6.18. The van der Waals surface area contributed by atoms with Gasteiger partial charge in [-0.15, -0.1) is 11.8 Å². The SMILES string of the molecule is CNC(CSC1CC(=O)N(CCOCCOCCOCCOCCOCCOCCOCCOCC(=O)NCCCC(=O)CCCCCCCCC(=O)O)C1=O)C(N)=O. The second kappa shape index (κ2) is 38.2. The van der Waals surface area contributed by atoms with Crippen LogP contribution in [-0.4, -0.2) is 188 Å². The molecule has 1 fully saturated rings. The Morgan fingerprint density at radius 2 is 1.12 bits per heavy atom. The fourth-order valence-electron chi connectivity index (χ4n) is 5.39. The number of carboxylic acid groups (broad SMARTS) is 1. The average Bonchev–Trinajstić information content (AvgIpc) is 3.48. The first-order chi connectivity index (χ1) is 28.6. The van der Waals surface area contributed by atoms with Gasteiger partial charge < -0.3 is 59.4 Å². The molecule has 342 valence electrons. The second-order valence-corrected chi connectivity index (χ2v) is 14.7. The highest BCUT2D eigenvalue weighted by Crippen LogP contribution is 2.25. The van der Waals surface area contributed by atoms with Gasteiger partial charge in [0.2, 0.25) is 23.6 Å². The highest BCUT2D eigenvalue weighted by molar-refractivity contribution is 8.00. The number of primary amides is 1. The highest BCUT2D eigenvalue weighted by Gasteiger charge is 2.39. The van der Waals surface area contributed by atoms with E-state index in [0.29, 0.717) is 124 Å². The number of hydrogen-bond acceptors (Lipinski definition) is 16. The molecule has 0 aromatic carbocycles. The van der Waals surface area contributed by atoms with E-state index >= 15 is 0 Å². The molecule has 59 heavy (non-hydrogen) atoms. The number of ketones is 1. The lowest BCUT2D eigenvalue weighted by molar-refractivity contribution is -0.139. The summed E-state index contributed by atoms with van der Waals surface area (Å²) >= 11 is 1.25. The Morgan fingerprint density at radius 1 is 0.678 bits per heavy atom. The molecule has 2 unspecified atom stereocenters. The van der Waals surface area contributed by atoms with Crippen LogP contribution in [0.25, 0.3) is 0 Å². The van der Waals surface area contributed by atoms with Crippen LogP contribution < -0.4 is 16.4 Å². The number of aliphatic carboxylic acids is 1. The molecule has 0 saturated carbocycles. The summed E-state index contributed by atoms with van der Waals surface area (Å²) < 4.78 is 43.6. The predicted molar refractivity (Wildman–Crippen MR) is 218 cm³/mol. The molecule has 0 bridgehead atoms. The number of carbonyl (C=O) groups excluding carboxylic acids is 5. The van der Waals surface area contributed by atoms with Crippen LogP contribution in [-0.2, 0) is 66.7 Å². The molecule has 5 N–H and O–H groups in total. The summed E-state index contributed by atoms with van der Waals surface area (Å²) in [5.74, 6) is -1.51. The Bertz CT molecular complexity index is 1160. The molecule has 19 nitrogen and oxygen atoms in total. The van der Waals surface area contributed by atoms with E-state index in [1.807, 2.05) is 0 Å². The quantitative estimate of drug-likeness (QED) is 0.0487. The van der Waals surface area contributed by atoms with E-state index in [0.717, 1.165) is 32.1 Å². The number of likely N-dealkylation sites (tertiary alicyclic amines) is 1. The van der Waals surface area contributed by atoms with Crippen LogP contribution >= 0.6 is 11.8 Å². The number of imide groups is 1. The average molecular weight is 867 g/mol. The van der Waals surface area contributed by atoms with Gasteiger partial charge in [0, 0.05) is 38.0 Å². The van der Waals surface area contributed by atoms with Crippen LogP contribution in [0, 0.1) is 0 Å². The zero-order valence-electron chi connectivity index (χ0n) is 35.0. The number of amides is 4. The van der Waals surface area contributed by atoms with Crippen LogP contribution in [0.4, 0.5) is 0 Å². The molecule has 0 aromatic rings. The molecule has 0 aromatic heterocycles. The molecule has 0 spiro atoms. The standard InChI is InChI=1S/C39H70N4O15S/c1-41-33(38(40)49)31-59-34-29-36(46)43(39(34)50)13-14-51-15-16-52-17-18-53-19-20-54-21-22-55-23-24-56-25-26-57-27-28-58-30-35(45)42-12-8-10-32(44)9-6-4-2-3-5-7-11-37(47)48/h33-34,41H,2-31H2,1H3,(H2,40,49)(H,42,45)(H,47,48). The largest absolute Gasteiger partial charge is 0.481 e. The minimum atomic E-state index is -0.754. The van der Waals surface area contributed by atoms with E-state index in [9.17, 15) is 28.8 Å². The van der Waals surface area contributed by atoms with Gasteiger partial charge in [-0.25, -0.2) is 0 Å². The number of hydrogen-bond donors (Lipinski definition) is 4.